The quantitative estimate of drug-likeness (QED) is 0.758. The Morgan fingerprint density at radius 1 is 1.04 bits per heavy atom. The van der Waals surface area contributed by atoms with Crippen LogP contribution in [-0.2, 0) is 14.2 Å². The molecule has 2 aliphatic heterocycles. The molecule has 0 aromatic rings. The van der Waals surface area contributed by atoms with Crippen LogP contribution in [0.5, 0.6) is 0 Å². The predicted molar refractivity (Wildman–Crippen MR) is 96.5 cm³/mol. The van der Waals surface area contributed by atoms with E-state index in [0.717, 1.165) is 12.8 Å². The first-order valence-electron chi connectivity index (χ1n) is 9.78. The third-order valence-electron chi connectivity index (χ3n) is 6.01. The maximum absolute atomic E-state index is 10.4. The van der Waals surface area contributed by atoms with Crippen LogP contribution in [0, 0.1) is 17.8 Å². The maximum atomic E-state index is 10.4. The highest BCUT2D eigenvalue weighted by Gasteiger charge is 2.46. The molecule has 2 saturated heterocycles. The van der Waals surface area contributed by atoms with Crippen molar-refractivity contribution in [1.29, 1.82) is 1.28 Å². The lowest BCUT2D eigenvalue weighted by Crippen LogP contribution is -2.56. The summed E-state index contributed by atoms with van der Waals surface area (Å²) in [5.41, 5.74) is 0. The highest BCUT2D eigenvalue weighted by molar-refractivity contribution is 7.04. The fourth-order valence-electron chi connectivity index (χ4n) is 4.06. The third-order valence-corrected chi connectivity index (χ3v) is 6.28. The summed E-state index contributed by atoms with van der Waals surface area (Å²) in [7, 11) is 0.281. The van der Waals surface area contributed by atoms with Gasteiger partial charge in [0, 0.05) is 11.8 Å². The van der Waals surface area contributed by atoms with E-state index in [4.69, 9.17) is 15.5 Å². The fraction of sp³-hybridized carbons (Fsp3) is 1.00. The summed E-state index contributed by atoms with van der Waals surface area (Å²) in [5.74, 6) is 0.380. The third kappa shape index (κ3) is 3.86. The van der Waals surface area contributed by atoms with Gasteiger partial charge in [0.15, 0.2) is 6.29 Å². The minimum atomic E-state index is -0.452. The van der Waals surface area contributed by atoms with Crippen molar-refractivity contribution in [2.75, 3.05) is 0 Å². The minimum absolute atomic E-state index is 0.00289. The zero-order chi connectivity index (χ0) is 18.7. The second-order valence-corrected chi connectivity index (χ2v) is 7.74. The van der Waals surface area contributed by atoms with Crippen LogP contribution in [0.25, 0.3) is 0 Å². The van der Waals surface area contributed by atoms with Crippen LogP contribution in [0.15, 0.2) is 4.74 Å². The van der Waals surface area contributed by atoms with E-state index in [0.29, 0.717) is 0 Å². The Morgan fingerprint density at radius 2 is 1.71 bits per heavy atom. The molecule has 4 unspecified atom stereocenters. The number of aliphatic hydroxyl groups is 1. The number of hydrogen-bond donors (Lipinski definition) is 1. The largest absolute Gasteiger partial charge is 0.390 e. The lowest BCUT2D eigenvalue weighted by molar-refractivity contribution is -0.303. The number of aliphatic hydroxyl groups excluding tert-OH is 1. The van der Waals surface area contributed by atoms with Crippen LogP contribution in [0.3, 0.4) is 0 Å². The molecular formula is C18H34NO4P. The molecule has 0 aliphatic carbocycles. The van der Waals surface area contributed by atoms with Gasteiger partial charge in [0.2, 0.25) is 0 Å². The Morgan fingerprint density at radius 3 is 2.29 bits per heavy atom. The van der Waals surface area contributed by atoms with E-state index in [1.165, 1.54) is 0 Å². The van der Waals surface area contributed by atoms with Crippen LogP contribution in [0.1, 0.15) is 54.4 Å². The highest BCUT2D eigenvalue weighted by atomic mass is 31.0. The summed E-state index contributed by atoms with van der Waals surface area (Å²) < 4.78 is 30.5. The monoisotopic (exact) mass is 362 g/mol. The fourth-order valence-corrected chi connectivity index (χ4v) is 4.45. The molecule has 0 saturated carbocycles. The molecule has 5 nitrogen and oxygen atoms in total. The highest BCUT2D eigenvalue weighted by Crippen LogP contribution is 2.38. The van der Waals surface area contributed by atoms with Gasteiger partial charge in [0.25, 0.3) is 0 Å². The summed E-state index contributed by atoms with van der Waals surface area (Å²) >= 11 is 0. The lowest BCUT2D eigenvalue weighted by Gasteiger charge is -2.48. The molecule has 1 N–H and O–H groups in total. The number of rotatable bonds is 5. The first kappa shape index (κ1) is 18.7. The minimum Gasteiger partial charge on any atom is -0.390 e. The summed E-state index contributed by atoms with van der Waals surface area (Å²) in [5, 5.41) is 10.4. The van der Waals surface area contributed by atoms with Crippen molar-refractivity contribution in [3.8, 4) is 0 Å². The van der Waals surface area contributed by atoms with Gasteiger partial charge < -0.3 is 19.3 Å². The van der Waals surface area contributed by atoms with Crippen molar-refractivity contribution in [2.24, 2.45) is 22.5 Å². The van der Waals surface area contributed by atoms with E-state index in [2.05, 4.69) is 32.4 Å². The second-order valence-electron chi connectivity index (χ2n) is 7.51. The first-order chi connectivity index (χ1) is 11.8. The Hall–Kier alpha value is -0.0600. The van der Waals surface area contributed by atoms with Crippen molar-refractivity contribution in [3.05, 3.63) is 0 Å². The molecule has 2 fully saturated rings. The normalized spacial score (nSPS) is 50.9. The Balaban J connectivity index is 2.17. The molecular weight excluding hydrogens is 325 g/mol. The lowest BCUT2D eigenvalue weighted by atomic mass is 9.83. The van der Waals surface area contributed by atoms with Gasteiger partial charge in [-0.1, -0.05) is 34.6 Å². The van der Waals surface area contributed by atoms with Gasteiger partial charge in [-0.15, -0.1) is 0 Å². The van der Waals surface area contributed by atoms with Gasteiger partial charge in [-0.2, -0.15) is 0 Å². The zero-order valence-corrected chi connectivity index (χ0v) is 16.6. The van der Waals surface area contributed by atoms with E-state index >= 15 is 0 Å². The van der Waals surface area contributed by atoms with E-state index in [1.807, 2.05) is 13.8 Å². The van der Waals surface area contributed by atoms with Crippen LogP contribution in [0.2, 0.25) is 0 Å². The Labute approximate surface area is 150 Å². The molecule has 2 rings (SSSR count). The Kier molecular flexibility index (Phi) is 6.67. The van der Waals surface area contributed by atoms with Gasteiger partial charge in [0.05, 0.1) is 36.6 Å². The van der Waals surface area contributed by atoms with E-state index < -0.39 is 6.10 Å². The summed E-state index contributed by atoms with van der Waals surface area (Å²) in [4.78, 5) is 0. The standard InChI is InChI=1S/C18H34NO4P/c1-7-13-16(20)9(3)10(4)18(22-13)23-17-11(5)15(19-24)12(6)21-14(17)8-2/h9-18,20,24H,7-8H2,1-6H3/t9-,10?,11-,12+,13?,14?,15?,16+,17+,18+/m1/s1. The van der Waals surface area contributed by atoms with Crippen molar-refractivity contribution in [3.63, 3.8) is 0 Å². The second kappa shape index (κ2) is 8.55. The van der Waals surface area contributed by atoms with Gasteiger partial charge in [0.1, 0.15) is 1.28 Å². The number of ether oxygens (including phenoxy) is 3. The molecule has 2 aliphatic rings. The molecule has 24 heavy (non-hydrogen) atoms. The van der Waals surface area contributed by atoms with Crippen LogP contribution >= 0.6 is 8.98 Å². The zero-order valence-electron chi connectivity index (χ0n) is 16.8. The van der Waals surface area contributed by atoms with Crippen molar-refractivity contribution in [2.45, 2.75) is 97.2 Å². The average molecular weight is 362 g/mol. The van der Waals surface area contributed by atoms with E-state index in [9.17, 15) is 5.11 Å². The SMILES string of the molecule is [4H]/P=N\C1[C@H](C)OC(CC)[C@@H](O[C@@H]2OC(CC)[C@@H](O)[C@H](C)C2C)[C@@H]1C. The van der Waals surface area contributed by atoms with Gasteiger partial charge in [-0.25, -0.2) is 0 Å². The van der Waals surface area contributed by atoms with Gasteiger partial charge in [-0.05, 0) is 34.7 Å². The molecule has 0 radical (unpaired) electrons. The van der Waals surface area contributed by atoms with Crippen molar-refractivity contribution < 1.29 is 19.3 Å². The summed E-state index contributed by atoms with van der Waals surface area (Å²) in [6.45, 7) is 12.4. The van der Waals surface area contributed by atoms with Crippen molar-refractivity contribution >= 4 is 8.98 Å². The topological polar surface area (TPSA) is 60.3 Å². The molecule has 0 aromatic heterocycles. The summed E-state index contributed by atoms with van der Waals surface area (Å²) in [6, 6.07) is -0.0455. The molecule has 2 heterocycles. The molecule has 10 atom stereocenters. The first-order valence-corrected chi connectivity index (χ1v) is 9.74. The van der Waals surface area contributed by atoms with Gasteiger partial charge in [-0.3, -0.25) is 4.74 Å². The molecule has 0 amide bonds. The van der Waals surface area contributed by atoms with Crippen LogP contribution in [0.4, 0.5) is 0 Å². The smallest absolute Gasteiger partial charge is 0.161 e. The molecule has 0 bridgehead atoms. The Bertz CT molecular complexity index is 453. The molecule has 6 heteroatoms. The van der Waals surface area contributed by atoms with Crippen LogP contribution < -0.4 is 0 Å². The molecule has 0 spiro atoms. The van der Waals surface area contributed by atoms with E-state index in [-0.39, 0.29) is 63.5 Å². The maximum Gasteiger partial charge on any atom is 0.161 e. The summed E-state index contributed by atoms with van der Waals surface area (Å²) in [6.07, 6.45) is 0.498. The number of hydrogen-bond acceptors (Lipinski definition) is 5. The molecule has 140 valence electrons. The van der Waals surface area contributed by atoms with Crippen LogP contribution in [-0.4, -0.2) is 49.2 Å². The average Bonchev–Trinajstić information content (AvgIpc) is 2.60. The predicted octanol–water partition coefficient (Wildman–Crippen LogP) is 3.67. The number of nitrogens with zero attached hydrogens (tertiary/aromatic N) is 1. The molecule has 0 aromatic carbocycles. The van der Waals surface area contributed by atoms with E-state index in [1.54, 1.807) is 0 Å². The van der Waals surface area contributed by atoms with Crippen molar-refractivity contribution in [1.82, 2.24) is 0 Å². The van der Waals surface area contributed by atoms with Gasteiger partial charge >= 0.3 is 0 Å².